The number of nitrogens with zero attached hydrogens (tertiary/aromatic N) is 2. The highest BCUT2D eigenvalue weighted by Crippen LogP contribution is 2.18. The Morgan fingerprint density at radius 3 is 2.61 bits per heavy atom. The number of carbonyl (C=O) groups excluding carboxylic acids is 2. The van der Waals surface area contributed by atoms with Crippen molar-refractivity contribution < 1.29 is 14.0 Å². The zero-order valence-electron chi connectivity index (χ0n) is 15.6. The average Bonchev–Trinajstić information content (AvgIpc) is 3.08. The highest BCUT2D eigenvalue weighted by molar-refractivity contribution is 5.97. The first-order valence-electron chi connectivity index (χ1n) is 9.37. The quantitative estimate of drug-likeness (QED) is 0.729. The third-order valence-electron chi connectivity index (χ3n) is 4.90. The van der Waals surface area contributed by atoms with Crippen molar-refractivity contribution in [2.45, 2.75) is 25.8 Å². The number of benzene rings is 2. The van der Waals surface area contributed by atoms with E-state index in [-0.39, 0.29) is 18.0 Å². The fraction of sp³-hybridized carbons (Fsp3) is 0.286. The van der Waals surface area contributed by atoms with Crippen LogP contribution in [-0.2, 0) is 0 Å². The van der Waals surface area contributed by atoms with Gasteiger partial charge in [-0.3, -0.25) is 4.79 Å². The minimum absolute atomic E-state index is 0.0421. The maximum absolute atomic E-state index is 12.6. The topological polar surface area (TPSA) is 87.5 Å². The first-order valence-corrected chi connectivity index (χ1v) is 9.37. The first kappa shape index (κ1) is 18.0. The number of hydrogen-bond donors (Lipinski definition) is 2. The van der Waals surface area contributed by atoms with Crippen molar-refractivity contribution in [3.8, 4) is 0 Å². The normalized spacial score (nSPS) is 14.8. The van der Waals surface area contributed by atoms with E-state index in [4.69, 9.17) is 4.42 Å². The Labute approximate surface area is 162 Å². The molecule has 4 rings (SSSR count). The molecule has 7 nitrogen and oxygen atoms in total. The maximum Gasteiger partial charge on any atom is 0.321 e. The van der Waals surface area contributed by atoms with Crippen molar-refractivity contribution in [2.75, 3.05) is 18.4 Å². The first-order chi connectivity index (χ1) is 13.6. The van der Waals surface area contributed by atoms with Gasteiger partial charge in [0.2, 0.25) is 0 Å². The summed E-state index contributed by atoms with van der Waals surface area (Å²) in [5.74, 6) is 0.442. The van der Waals surface area contributed by atoms with Gasteiger partial charge in [0.25, 0.3) is 5.91 Å². The standard InChI is InChI=1S/C21H22N4O3/c1-14-22-18-8-7-15(13-19(18)28-14)20(26)23-17-9-11-25(12-10-17)21(27)24-16-5-3-2-4-6-16/h2-8,13,17H,9-12H2,1H3,(H,23,26)(H,24,27). The van der Waals surface area contributed by atoms with Crippen LogP contribution in [0, 0.1) is 6.92 Å². The summed E-state index contributed by atoms with van der Waals surface area (Å²) in [5.41, 5.74) is 2.68. The number of anilines is 1. The number of piperidine rings is 1. The molecule has 1 saturated heterocycles. The predicted octanol–water partition coefficient (Wildman–Crippen LogP) is 3.56. The lowest BCUT2D eigenvalue weighted by atomic mass is 10.0. The summed E-state index contributed by atoms with van der Waals surface area (Å²) in [7, 11) is 0. The van der Waals surface area contributed by atoms with Gasteiger partial charge in [-0.05, 0) is 43.2 Å². The van der Waals surface area contributed by atoms with Crippen LogP contribution in [0.25, 0.3) is 11.1 Å². The highest BCUT2D eigenvalue weighted by atomic mass is 16.3. The van der Waals surface area contributed by atoms with Gasteiger partial charge in [0.1, 0.15) is 5.52 Å². The van der Waals surface area contributed by atoms with Gasteiger partial charge in [-0.1, -0.05) is 18.2 Å². The molecule has 1 aromatic heterocycles. The van der Waals surface area contributed by atoms with Crippen molar-refractivity contribution in [2.24, 2.45) is 0 Å². The summed E-state index contributed by atoms with van der Waals surface area (Å²) in [6.45, 7) is 2.98. The summed E-state index contributed by atoms with van der Waals surface area (Å²) in [6.07, 6.45) is 1.44. The molecule has 144 valence electrons. The number of rotatable bonds is 3. The monoisotopic (exact) mass is 378 g/mol. The molecule has 0 radical (unpaired) electrons. The average molecular weight is 378 g/mol. The number of likely N-dealkylation sites (tertiary alicyclic amines) is 1. The van der Waals surface area contributed by atoms with Crippen LogP contribution >= 0.6 is 0 Å². The SMILES string of the molecule is Cc1nc2ccc(C(=O)NC3CCN(C(=O)Nc4ccccc4)CC3)cc2o1. The predicted molar refractivity (Wildman–Crippen MR) is 106 cm³/mol. The molecule has 0 unspecified atom stereocenters. The van der Waals surface area contributed by atoms with E-state index in [1.165, 1.54) is 0 Å². The second-order valence-corrected chi connectivity index (χ2v) is 6.95. The van der Waals surface area contributed by atoms with E-state index in [1.807, 2.05) is 30.3 Å². The number of hydrogen-bond acceptors (Lipinski definition) is 4. The Hall–Kier alpha value is -3.35. The molecule has 3 amide bonds. The van der Waals surface area contributed by atoms with Gasteiger partial charge >= 0.3 is 6.03 Å². The van der Waals surface area contributed by atoms with Crippen LogP contribution in [0.2, 0.25) is 0 Å². The number of urea groups is 1. The summed E-state index contributed by atoms with van der Waals surface area (Å²) in [5, 5.41) is 5.95. The van der Waals surface area contributed by atoms with Gasteiger partial charge in [-0.15, -0.1) is 0 Å². The van der Waals surface area contributed by atoms with Crippen molar-refractivity contribution in [3.05, 3.63) is 60.0 Å². The smallest absolute Gasteiger partial charge is 0.321 e. The second kappa shape index (κ2) is 7.72. The summed E-state index contributed by atoms with van der Waals surface area (Å²) in [6, 6.07) is 14.6. The van der Waals surface area contributed by atoms with E-state index >= 15 is 0 Å². The summed E-state index contributed by atoms with van der Waals surface area (Å²) in [4.78, 5) is 30.9. The largest absolute Gasteiger partial charge is 0.441 e. The van der Waals surface area contributed by atoms with Crippen molar-refractivity contribution in [1.82, 2.24) is 15.2 Å². The summed E-state index contributed by atoms with van der Waals surface area (Å²) >= 11 is 0. The van der Waals surface area contributed by atoms with Crippen LogP contribution in [0.15, 0.2) is 52.9 Å². The van der Waals surface area contributed by atoms with Gasteiger partial charge in [0.15, 0.2) is 11.5 Å². The molecule has 0 saturated carbocycles. The van der Waals surface area contributed by atoms with Crippen LogP contribution in [0.5, 0.6) is 0 Å². The lowest BCUT2D eigenvalue weighted by Gasteiger charge is -2.32. The number of para-hydroxylation sites is 1. The van der Waals surface area contributed by atoms with Crippen LogP contribution < -0.4 is 10.6 Å². The maximum atomic E-state index is 12.6. The van der Waals surface area contributed by atoms with E-state index in [0.29, 0.717) is 30.1 Å². The molecule has 1 fully saturated rings. The zero-order chi connectivity index (χ0) is 19.5. The van der Waals surface area contributed by atoms with Gasteiger partial charge in [-0.2, -0.15) is 0 Å². The number of nitrogens with one attached hydrogen (secondary N) is 2. The fourth-order valence-corrected chi connectivity index (χ4v) is 3.40. The van der Waals surface area contributed by atoms with Crippen LogP contribution in [0.3, 0.4) is 0 Å². The van der Waals surface area contributed by atoms with Gasteiger partial charge in [-0.25, -0.2) is 9.78 Å². The molecule has 1 aliphatic heterocycles. The Morgan fingerprint density at radius 1 is 1.11 bits per heavy atom. The molecule has 0 spiro atoms. The van der Waals surface area contributed by atoms with Gasteiger partial charge in [0.05, 0.1) is 0 Å². The Morgan fingerprint density at radius 2 is 1.86 bits per heavy atom. The van der Waals surface area contributed by atoms with Crippen LogP contribution in [0.1, 0.15) is 29.1 Å². The number of amides is 3. The molecule has 28 heavy (non-hydrogen) atoms. The van der Waals surface area contributed by atoms with Crippen LogP contribution in [0.4, 0.5) is 10.5 Å². The van der Waals surface area contributed by atoms with E-state index in [2.05, 4.69) is 15.6 Å². The minimum Gasteiger partial charge on any atom is -0.441 e. The zero-order valence-corrected chi connectivity index (χ0v) is 15.6. The molecule has 3 aromatic rings. The van der Waals surface area contributed by atoms with E-state index in [9.17, 15) is 9.59 Å². The second-order valence-electron chi connectivity index (χ2n) is 6.95. The third kappa shape index (κ3) is 3.98. The molecule has 0 aliphatic carbocycles. The van der Waals surface area contributed by atoms with Crippen molar-refractivity contribution in [3.63, 3.8) is 0 Å². The molecule has 1 aliphatic rings. The lowest BCUT2D eigenvalue weighted by molar-refractivity contribution is 0.0919. The van der Waals surface area contributed by atoms with Gasteiger partial charge < -0.3 is 20.0 Å². The summed E-state index contributed by atoms with van der Waals surface area (Å²) < 4.78 is 5.50. The van der Waals surface area contributed by atoms with Crippen molar-refractivity contribution >= 4 is 28.7 Å². The Balaban J connectivity index is 1.31. The molecule has 0 bridgehead atoms. The molecular formula is C21H22N4O3. The number of fused-ring (bicyclic) bond motifs is 1. The minimum atomic E-state index is -0.136. The lowest BCUT2D eigenvalue weighted by Crippen LogP contribution is -2.47. The number of aryl methyl sites for hydroxylation is 1. The Kier molecular flexibility index (Phi) is 4.97. The molecular weight excluding hydrogens is 356 g/mol. The number of carbonyl (C=O) groups is 2. The highest BCUT2D eigenvalue weighted by Gasteiger charge is 2.24. The van der Waals surface area contributed by atoms with Crippen molar-refractivity contribution in [1.29, 1.82) is 0 Å². The van der Waals surface area contributed by atoms with E-state index in [0.717, 1.165) is 24.0 Å². The molecule has 2 N–H and O–H groups in total. The molecule has 0 atom stereocenters. The van der Waals surface area contributed by atoms with E-state index in [1.54, 1.807) is 30.0 Å². The van der Waals surface area contributed by atoms with Crippen LogP contribution in [-0.4, -0.2) is 41.0 Å². The number of oxazole rings is 1. The van der Waals surface area contributed by atoms with Gasteiger partial charge in [0, 0.05) is 37.3 Å². The third-order valence-corrected chi connectivity index (χ3v) is 4.90. The Bertz CT molecular complexity index is 991. The fourth-order valence-electron chi connectivity index (χ4n) is 3.40. The number of aromatic nitrogens is 1. The molecule has 2 aromatic carbocycles. The van der Waals surface area contributed by atoms with E-state index < -0.39 is 0 Å². The molecule has 2 heterocycles. The molecule has 7 heteroatoms.